The molecule has 0 unspecified atom stereocenters. The number of amides is 5. The quantitative estimate of drug-likeness (QED) is 0.170. The second-order valence-electron chi connectivity index (χ2n) is 9.68. The van der Waals surface area contributed by atoms with Crippen LogP contribution in [0.1, 0.15) is 18.1 Å². The van der Waals surface area contributed by atoms with Gasteiger partial charge >= 0.3 is 6.03 Å². The Balaban J connectivity index is 1.29. The number of ether oxygens (including phenoxy) is 3. The maximum atomic E-state index is 13.8. The van der Waals surface area contributed by atoms with Crippen molar-refractivity contribution < 1.29 is 37.8 Å². The van der Waals surface area contributed by atoms with Crippen LogP contribution in [0, 0.1) is 5.82 Å². The molecule has 0 bridgehead atoms. The van der Waals surface area contributed by atoms with Crippen molar-refractivity contribution in [3.8, 4) is 17.2 Å². The first-order valence-electron chi connectivity index (χ1n) is 13.9. The summed E-state index contributed by atoms with van der Waals surface area (Å²) in [7, 11) is 0. The zero-order valence-corrected chi connectivity index (χ0v) is 24.1. The van der Waals surface area contributed by atoms with Gasteiger partial charge in [0.25, 0.3) is 17.7 Å². The van der Waals surface area contributed by atoms with Crippen LogP contribution in [0.5, 0.6) is 17.2 Å². The second-order valence-corrected chi connectivity index (χ2v) is 9.68. The van der Waals surface area contributed by atoms with Crippen LogP contribution in [-0.4, -0.2) is 37.0 Å². The molecule has 2 N–H and O–H groups in total. The van der Waals surface area contributed by atoms with Gasteiger partial charge in [-0.1, -0.05) is 48.5 Å². The van der Waals surface area contributed by atoms with E-state index in [4.69, 9.17) is 14.2 Å². The maximum Gasteiger partial charge on any atom is 0.335 e. The van der Waals surface area contributed by atoms with Gasteiger partial charge in [-0.2, -0.15) is 0 Å². The molecule has 1 fully saturated rings. The smallest absolute Gasteiger partial charge is 0.335 e. The van der Waals surface area contributed by atoms with Crippen LogP contribution < -0.4 is 29.7 Å². The summed E-state index contributed by atoms with van der Waals surface area (Å²) in [4.78, 5) is 52.0. The number of barbiturate groups is 1. The van der Waals surface area contributed by atoms with Crippen molar-refractivity contribution >= 4 is 41.2 Å². The molecule has 4 aromatic carbocycles. The summed E-state index contributed by atoms with van der Waals surface area (Å²) < 4.78 is 30.9. The molecule has 1 aliphatic rings. The van der Waals surface area contributed by atoms with E-state index in [1.165, 1.54) is 36.4 Å². The highest BCUT2D eigenvalue weighted by molar-refractivity contribution is 6.39. The average molecular weight is 610 g/mol. The zero-order chi connectivity index (χ0) is 31.8. The fourth-order valence-corrected chi connectivity index (χ4v) is 4.39. The highest BCUT2D eigenvalue weighted by Gasteiger charge is 2.36. The van der Waals surface area contributed by atoms with Crippen LogP contribution in [0.4, 0.5) is 20.6 Å². The van der Waals surface area contributed by atoms with Crippen molar-refractivity contribution in [3.63, 3.8) is 0 Å². The predicted molar refractivity (Wildman–Crippen MR) is 164 cm³/mol. The van der Waals surface area contributed by atoms with Gasteiger partial charge in [-0.15, -0.1) is 0 Å². The molecule has 5 rings (SSSR count). The molecule has 11 heteroatoms. The molecule has 0 spiro atoms. The largest absolute Gasteiger partial charge is 0.490 e. The summed E-state index contributed by atoms with van der Waals surface area (Å²) in [5.74, 6) is -1.84. The average Bonchev–Trinajstić information content (AvgIpc) is 3.04. The van der Waals surface area contributed by atoms with E-state index in [0.717, 1.165) is 10.5 Å². The number of hydrogen-bond donors (Lipinski definition) is 2. The van der Waals surface area contributed by atoms with Crippen molar-refractivity contribution in [2.75, 3.05) is 23.4 Å². The first-order valence-corrected chi connectivity index (χ1v) is 13.9. The lowest BCUT2D eigenvalue weighted by molar-refractivity contribution is -0.122. The molecule has 10 nitrogen and oxygen atoms in total. The summed E-state index contributed by atoms with van der Waals surface area (Å²) >= 11 is 0. The van der Waals surface area contributed by atoms with Crippen LogP contribution in [0.3, 0.4) is 0 Å². The number of hydrogen-bond acceptors (Lipinski definition) is 7. The monoisotopic (exact) mass is 609 g/mol. The Morgan fingerprint density at radius 1 is 0.867 bits per heavy atom. The molecule has 5 amide bonds. The Morgan fingerprint density at radius 2 is 1.60 bits per heavy atom. The van der Waals surface area contributed by atoms with Gasteiger partial charge in [0, 0.05) is 0 Å². The number of halogens is 1. The molecule has 1 saturated heterocycles. The van der Waals surface area contributed by atoms with Gasteiger partial charge in [0.15, 0.2) is 18.1 Å². The van der Waals surface area contributed by atoms with E-state index in [0.29, 0.717) is 17.9 Å². The van der Waals surface area contributed by atoms with Crippen molar-refractivity contribution in [1.82, 2.24) is 5.32 Å². The normalized spacial score (nSPS) is 13.8. The predicted octanol–water partition coefficient (Wildman–Crippen LogP) is 5.49. The first kappa shape index (κ1) is 30.5. The minimum Gasteiger partial charge on any atom is -0.490 e. The Labute approximate surface area is 258 Å². The van der Waals surface area contributed by atoms with Gasteiger partial charge in [-0.25, -0.2) is 14.1 Å². The standard InChI is InChI=1S/C34H28FN3O7/c1-2-43-30-19-23(12-17-29(30)45-21-31(39)36-28-11-7-6-10-27(28)35)18-26-32(40)37-34(42)38(33(26)41)24-13-15-25(16-14-24)44-20-22-8-4-3-5-9-22/h3-19H,2,20-21H2,1H3,(H,36,39)(H,37,40,42)/b26-18-. The van der Waals surface area contributed by atoms with Crippen molar-refractivity contribution in [2.45, 2.75) is 13.5 Å². The maximum absolute atomic E-state index is 13.8. The number of carbonyl (C=O) groups excluding carboxylic acids is 4. The number of urea groups is 1. The number of nitrogens with zero attached hydrogens (tertiary/aromatic N) is 1. The Hall–Kier alpha value is -5.97. The summed E-state index contributed by atoms with van der Waals surface area (Å²) in [6.07, 6.45) is 1.33. The van der Waals surface area contributed by atoms with E-state index in [1.807, 2.05) is 30.3 Å². The highest BCUT2D eigenvalue weighted by Crippen LogP contribution is 2.31. The first-order chi connectivity index (χ1) is 21.8. The number of carbonyl (C=O) groups is 4. The van der Waals surface area contributed by atoms with Gasteiger partial charge in [0.2, 0.25) is 0 Å². The molecule has 1 heterocycles. The molecule has 0 atom stereocenters. The van der Waals surface area contributed by atoms with Gasteiger partial charge in [0.1, 0.15) is 23.7 Å². The van der Waals surface area contributed by atoms with E-state index in [-0.39, 0.29) is 35.1 Å². The number of para-hydroxylation sites is 1. The van der Waals surface area contributed by atoms with Crippen molar-refractivity contribution in [2.24, 2.45) is 0 Å². The van der Waals surface area contributed by atoms with Crippen LogP contribution >= 0.6 is 0 Å². The summed E-state index contributed by atoms with van der Waals surface area (Å²) in [5.41, 5.74) is 1.38. The third-order valence-electron chi connectivity index (χ3n) is 6.53. The fourth-order valence-electron chi connectivity index (χ4n) is 4.39. The summed E-state index contributed by atoms with van der Waals surface area (Å²) in [6.45, 7) is 1.92. The molecular weight excluding hydrogens is 581 g/mol. The van der Waals surface area contributed by atoms with Crippen LogP contribution in [0.15, 0.2) is 103 Å². The number of anilines is 2. The third-order valence-corrected chi connectivity index (χ3v) is 6.53. The van der Waals surface area contributed by atoms with E-state index < -0.39 is 36.2 Å². The van der Waals surface area contributed by atoms with E-state index in [9.17, 15) is 23.6 Å². The fraction of sp³-hybridized carbons (Fsp3) is 0.118. The van der Waals surface area contributed by atoms with E-state index in [1.54, 1.807) is 43.3 Å². The van der Waals surface area contributed by atoms with Gasteiger partial charge in [-0.05, 0) is 72.7 Å². The zero-order valence-electron chi connectivity index (χ0n) is 24.1. The lowest BCUT2D eigenvalue weighted by Crippen LogP contribution is -2.54. The van der Waals surface area contributed by atoms with Crippen molar-refractivity contribution in [3.05, 3.63) is 120 Å². The van der Waals surface area contributed by atoms with Gasteiger partial charge in [0.05, 0.1) is 18.0 Å². The molecule has 0 radical (unpaired) electrons. The number of rotatable bonds is 11. The van der Waals surface area contributed by atoms with Crippen LogP contribution in [0.25, 0.3) is 6.08 Å². The minimum atomic E-state index is -0.882. The molecule has 0 aromatic heterocycles. The Morgan fingerprint density at radius 3 is 2.33 bits per heavy atom. The Bertz CT molecular complexity index is 1760. The third kappa shape index (κ3) is 7.52. The van der Waals surface area contributed by atoms with Crippen LogP contribution in [0.2, 0.25) is 0 Å². The molecule has 45 heavy (non-hydrogen) atoms. The van der Waals surface area contributed by atoms with E-state index in [2.05, 4.69) is 10.6 Å². The molecule has 4 aromatic rings. The molecule has 0 aliphatic carbocycles. The SMILES string of the molecule is CCOc1cc(/C=C2/C(=O)NC(=O)N(c3ccc(OCc4ccccc4)cc3)C2=O)ccc1OCC(=O)Nc1ccccc1F. The molecule has 1 aliphatic heterocycles. The lowest BCUT2D eigenvalue weighted by atomic mass is 10.1. The molecule has 0 saturated carbocycles. The number of nitrogens with one attached hydrogen (secondary N) is 2. The number of benzene rings is 4. The summed E-state index contributed by atoms with van der Waals surface area (Å²) in [6, 6.07) is 25.4. The highest BCUT2D eigenvalue weighted by atomic mass is 19.1. The topological polar surface area (TPSA) is 123 Å². The minimum absolute atomic E-state index is 0.0217. The van der Waals surface area contributed by atoms with Crippen LogP contribution in [-0.2, 0) is 21.0 Å². The second kappa shape index (κ2) is 14.0. The Kier molecular flexibility index (Phi) is 9.49. The van der Waals surface area contributed by atoms with Crippen molar-refractivity contribution in [1.29, 1.82) is 0 Å². The lowest BCUT2D eigenvalue weighted by Gasteiger charge is -2.26. The van der Waals surface area contributed by atoms with Gasteiger partial charge in [-0.3, -0.25) is 19.7 Å². The van der Waals surface area contributed by atoms with Gasteiger partial charge < -0.3 is 19.5 Å². The number of imide groups is 2. The van der Waals surface area contributed by atoms with E-state index >= 15 is 0 Å². The molecular formula is C34H28FN3O7. The summed E-state index contributed by atoms with van der Waals surface area (Å²) in [5, 5.41) is 4.63. The molecule has 228 valence electrons.